The first-order valence-corrected chi connectivity index (χ1v) is 6.50. The maximum Gasteiger partial charge on any atom is 0.127 e. The van der Waals surface area contributed by atoms with Crippen LogP contribution < -0.4 is 0 Å². The van der Waals surface area contributed by atoms with Gasteiger partial charge in [-0.3, -0.25) is 0 Å². The molecule has 0 radical (unpaired) electrons. The Hall–Kier alpha value is -2.16. The van der Waals surface area contributed by atoms with E-state index in [-0.39, 0.29) is 58.9 Å². The lowest BCUT2D eigenvalue weighted by Gasteiger charge is -2.25. The second-order valence-electron chi connectivity index (χ2n) is 4.27. The van der Waals surface area contributed by atoms with Gasteiger partial charge in [0.2, 0.25) is 0 Å². The van der Waals surface area contributed by atoms with E-state index in [1.165, 1.54) is 0 Å². The fraction of sp³-hybridized carbons (Fsp3) is 0.714. The van der Waals surface area contributed by atoms with Crippen LogP contribution in [0.2, 0.25) is 0 Å². The molecule has 0 bridgehead atoms. The Morgan fingerprint density at radius 2 is 0.952 bits per heavy atom. The maximum atomic E-state index is 9.36. The molecule has 0 aliphatic carbocycles. The van der Waals surface area contributed by atoms with Crippen LogP contribution in [0.5, 0.6) is 0 Å². The maximum absolute atomic E-state index is 9.36. The van der Waals surface area contributed by atoms with Crippen LogP contribution in [0.1, 0.15) is 19.3 Å². The third-order valence-corrected chi connectivity index (χ3v) is 2.45. The van der Waals surface area contributed by atoms with Crippen LogP contribution in [-0.4, -0.2) is 39.6 Å². The van der Waals surface area contributed by atoms with E-state index in [1.54, 1.807) is 0 Å². The van der Waals surface area contributed by atoms with Gasteiger partial charge >= 0.3 is 0 Å². The average Bonchev–Trinajstić information content (AvgIpc) is 2.51. The Morgan fingerprint density at radius 3 is 1.19 bits per heavy atom. The van der Waals surface area contributed by atoms with E-state index in [4.69, 9.17) is 30.0 Å². The van der Waals surface area contributed by atoms with Crippen molar-refractivity contribution >= 4 is 0 Å². The molecule has 0 fully saturated rings. The zero-order chi connectivity index (χ0) is 15.8. The summed E-state index contributed by atoms with van der Waals surface area (Å²) in [7, 11) is 0. The smallest absolute Gasteiger partial charge is 0.127 e. The molecule has 0 saturated heterocycles. The summed E-state index contributed by atoms with van der Waals surface area (Å²) >= 11 is 0. The highest BCUT2D eigenvalue weighted by molar-refractivity contribution is 4.99. The molecule has 0 saturated carbocycles. The largest absolute Gasteiger partial charge is 0.379 e. The third-order valence-electron chi connectivity index (χ3n) is 2.45. The predicted molar refractivity (Wildman–Crippen MR) is 71.2 cm³/mol. The molecule has 0 aromatic heterocycles. The quantitative estimate of drug-likeness (QED) is 0.496. The number of hydrogen-bond acceptors (Lipinski definition) is 7. The molecule has 0 aliphatic heterocycles. The standard InChI is InChI=1S/C14H18N4O3/c15-4-1-7-19-11-14(10-18,12-20-8-2-5-16)13-21-9-3-6-17/h1-3,7-9,11-13H2. The summed E-state index contributed by atoms with van der Waals surface area (Å²) in [5.74, 6) is 0. The minimum atomic E-state index is -1.000. The molecule has 7 heteroatoms. The van der Waals surface area contributed by atoms with Gasteiger partial charge in [-0.1, -0.05) is 0 Å². The van der Waals surface area contributed by atoms with Gasteiger partial charge in [0, 0.05) is 0 Å². The van der Waals surface area contributed by atoms with Crippen molar-refractivity contribution in [1.82, 2.24) is 0 Å². The lowest BCUT2D eigenvalue weighted by Crippen LogP contribution is -2.36. The molecule has 0 spiro atoms. The zero-order valence-corrected chi connectivity index (χ0v) is 11.9. The van der Waals surface area contributed by atoms with Gasteiger partial charge in [0.1, 0.15) is 5.41 Å². The second kappa shape index (κ2) is 12.9. The summed E-state index contributed by atoms with van der Waals surface area (Å²) in [6.07, 6.45) is 0.726. The summed E-state index contributed by atoms with van der Waals surface area (Å²) in [4.78, 5) is 0. The summed E-state index contributed by atoms with van der Waals surface area (Å²) in [5, 5.41) is 34.7. The number of nitriles is 4. The number of rotatable bonds is 12. The predicted octanol–water partition coefficient (Wildman–Crippen LogP) is 1.29. The fourth-order valence-electron chi connectivity index (χ4n) is 1.38. The van der Waals surface area contributed by atoms with Crippen molar-refractivity contribution in [3.8, 4) is 24.3 Å². The van der Waals surface area contributed by atoms with E-state index in [0.29, 0.717) is 0 Å². The summed E-state index contributed by atoms with van der Waals surface area (Å²) < 4.78 is 15.9. The fourth-order valence-corrected chi connectivity index (χ4v) is 1.38. The molecule has 0 N–H and O–H groups in total. The van der Waals surface area contributed by atoms with E-state index in [0.717, 1.165) is 0 Å². The first-order chi connectivity index (χ1) is 10.2. The Bertz CT molecular complexity index is 384. The molecule has 112 valence electrons. The van der Waals surface area contributed by atoms with Crippen LogP contribution in [0.3, 0.4) is 0 Å². The summed E-state index contributed by atoms with van der Waals surface area (Å²) in [6.45, 7) is 0.918. The minimum Gasteiger partial charge on any atom is -0.379 e. The molecule has 0 unspecified atom stereocenters. The zero-order valence-electron chi connectivity index (χ0n) is 11.9. The number of hydrogen-bond donors (Lipinski definition) is 0. The van der Waals surface area contributed by atoms with Crippen molar-refractivity contribution in [1.29, 1.82) is 21.0 Å². The van der Waals surface area contributed by atoms with Gasteiger partial charge < -0.3 is 14.2 Å². The molecule has 0 atom stereocenters. The van der Waals surface area contributed by atoms with E-state index in [1.807, 2.05) is 18.2 Å². The molecule has 0 rings (SSSR count). The highest BCUT2D eigenvalue weighted by atomic mass is 16.5. The van der Waals surface area contributed by atoms with Crippen LogP contribution in [-0.2, 0) is 14.2 Å². The van der Waals surface area contributed by atoms with Crippen molar-refractivity contribution in [3.63, 3.8) is 0 Å². The molecule has 0 aliphatic rings. The Labute approximate surface area is 124 Å². The van der Waals surface area contributed by atoms with E-state index >= 15 is 0 Å². The highest BCUT2D eigenvalue weighted by Crippen LogP contribution is 2.19. The van der Waals surface area contributed by atoms with Crippen LogP contribution in [0.4, 0.5) is 0 Å². The average molecular weight is 290 g/mol. The van der Waals surface area contributed by atoms with Crippen LogP contribution in [0.15, 0.2) is 0 Å². The monoisotopic (exact) mass is 290 g/mol. The number of nitrogens with zero attached hydrogens (tertiary/aromatic N) is 4. The second-order valence-corrected chi connectivity index (χ2v) is 4.27. The highest BCUT2D eigenvalue weighted by Gasteiger charge is 2.31. The van der Waals surface area contributed by atoms with Crippen molar-refractivity contribution < 1.29 is 14.2 Å². The van der Waals surface area contributed by atoms with Gasteiger partial charge in [-0.15, -0.1) is 0 Å². The van der Waals surface area contributed by atoms with Crippen LogP contribution in [0.25, 0.3) is 0 Å². The lowest BCUT2D eigenvalue weighted by atomic mass is 9.93. The number of ether oxygens (including phenoxy) is 3. The lowest BCUT2D eigenvalue weighted by molar-refractivity contribution is -0.0379. The van der Waals surface area contributed by atoms with Crippen LogP contribution in [0, 0.1) is 50.7 Å². The first-order valence-electron chi connectivity index (χ1n) is 6.50. The molecule has 21 heavy (non-hydrogen) atoms. The Balaban J connectivity index is 4.39. The van der Waals surface area contributed by atoms with E-state index in [9.17, 15) is 5.26 Å². The van der Waals surface area contributed by atoms with Gasteiger partial charge in [0.25, 0.3) is 0 Å². The van der Waals surface area contributed by atoms with Gasteiger partial charge in [0.05, 0.1) is 83.2 Å². The molecule has 0 amide bonds. The van der Waals surface area contributed by atoms with E-state index in [2.05, 4.69) is 6.07 Å². The van der Waals surface area contributed by atoms with Gasteiger partial charge in [-0.05, 0) is 0 Å². The SMILES string of the molecule is N#CCCOCC(C#N)(COCCC#N)COCCC#N. The van der Waals surface area contributed by atoms with Gasteiger partial charge in [-0.2, -0.15) is 21.0 Å². The molecule has 7 nitrogen and oxygen atoms in total. The summed E-state index contributed by atoms with van der Waals surface area (Å²) in [5.41, 5.74) is -1.000. The first kappa shape index (κ1) is 18.8. The van der Waals surface area contributed by atoms with Crippen molar-refractivity contribution in [2.24, 2.45) is 5.41 Å². The minimum absolute atomic E-state index is 0.0737. The topological polar surface area (TPSA) is 123 Å². The van der Waals surface area contributed by atoms with Crippen molar-refractivity contribution in [2.45, 2.75) is 19.3 Å². The van der Waals surface area contributed by atoms with Crippen molar-refractivity contribution in [3.05, 3.63) is 0 Å². The normalized spacial score (nSPS) is 10.1. The van der Waals surface area contributed by atoms with Gasteiger partial charge in [0.15, 0.2) is 0 Å². The molecule has 0 aromatic rings. The molecular weight excluding hydrogens is 272 g/mol. The summed E-state index contributed by atoms with van der Waals surface area (Å²) in [6, 6.07) is 7.97. The van der Waals surface area contributed by atoms with E-state index < -0.39 is 5.41 Å². The van der Waals surface area contributed by atoms with Crippen molar-refractivity contribution in [2.75, 3.05) is 39.6 Å². The van der Waals surface area contributed by atoms with Gasteiger partial charge in [-0.25, -0.2) is 0 Å². The Kier molecular flexibility index (Phi) is 11.5. The Morgan fingerprint density at radius 1 is 0.619 bits per heavy atom. The van der Waals surface area contributed by atoms with Crippen LogP contribution >= 0.6 is 0 Å². The molecular formula is C14H18N4O3. The third kappa shape index (κ3) is 9.38. The molecule has 0 heterocycles. The molecule has 0 aromatic carbocycles.